The summed E-state index contributed by atoms with van der Waals surface area (Å²) in [6.07, 6.45) is 3.21. The monoisotopic (exact) mass is 345 g/mol. The minimum atomic E-state index is -0.821. The SMILES string of the molecule is C[C@@H]1[C@H](C(=O)O)CCCN1C(=O)CCCc1ccc2[nH]c(=O)[nH]c2c1. The fraction of sp³-hybridized carbons (Fsp3) is 0.500. The molecule has 3 N–H and O–H groups in total. The van der Waals surface area contributed by atoms with Crippen LogP contribution in [0.3, 0.4) is 0 Å². The lowest BCUT2D eigenvalue weighted by molar-refractivity contribution is -0.149. The van der Waals surface area contributed by atoms with E-state index >= 15 is 0 Å². The summed E-state index contributed by atoms with van der Waals surface area (Å²) in [5.74, 6) is -1.26. The summed E-state index contributed by atoms with van der Waals surface area (Å²) in [7, 11) is 0. The second-order valence-corrected chi connectivity index (χ2v) is 6.73. The molecule has 1 aromatic heterocycles. The maximum atomic E-state index is 12.5. The molecule has 0 bridgehead atoms. The number of hydrogen-bond acceptors (Lipinski definition) is 3. The fourth-order valence-electron chi connectivity index (χ4n) is 3.65. The average molecular weight is 345 g/mol. The molecule has 0 radical (unpaired) electrons. The van der Waals surface area contributed by atoms with Crippen molar-refractivity contribution in [3.63, 3.8) is 0 Å². The van der Waals surface area contributed by atoms with Gasteiger partial charge in [0.25, 0.3) is 0 Å². The number of carboxylic acid groups (broad SMARTS) is 1. The van der Waals surface area contributed by atoms with Crippen molar-refractivity contribution < 1.29 is 14.7 Å². The van der Waals surface area contributed by atoms with Gasteiger partial charge in [0.15, 0.2) is 0 Å². The lowest BCUT2D eigenvalue weighted by Gasteiger charge is -2.37. The first-order valence-electron chi connectivity index (χ1n) is 8.69. The number of carbonyl (C=O) groups is 2. The van der Waals surface area contributed by atoms with Gasteiger partial charge in [0, 0.05) is 19.0 Å². The standard InChI is InChI=1S/C18H23N3O4/c1-11-13(17(23)24)5-3-9-21(11)16(22)6-2-4-12-7-8-14-15(10-12)20-18(25)19-14/h7-8,10-11,13H,2-6,9H2,1H3,(H,23,24)(H2,19,20,25)/t11-,13-/m1/s1. The maximum Gasteiger partial charge on any atom is 0.323 e. The van der Waals surface area contributed by atoms with E-state index in [2.05, 4.69) is 9.97 Å². The van der Waals surface area contributed by atoms with E-state index in [1.54, 1.807) is 4.90 Å². The van der Waals surface area contributed by atoms with E-state index in [-0.39, 0.29) is 17.6 Å². The Labute approximate surface area is 145 Å². The van der Waals surface area contributed by atoms with E-state index in [4.69, 9.17) is 0 Å². The number of aromatic nitrogens is 2. The Bertz CT molecular complexity index is 838. The van der Waals surface area contributed by atoms with E-state index in [1.165, 1.54) is 0 Å². The maximum absolute atomic E-state index is 12.5. The number of hydrogen-bond donors (Lipinski definition) is 3. The van der Waals surface area contributed by atoms with Crippen molar-refractivity contribution in [1.29, 1.82) is 0 Å². The Morgan fingerprint density at radius 3 is 2.80 bits per heavy atom. The van der Waals surface area contributed by atoms with Crippen molar-refractivity contribution in [1.82, 2.24) is 14.9 Å². The smallest absolute Gasteiger partial charge is 0.323 e. The normalized spacial score (nSPS) is 20.8. The second kappa shape index (κ2) is 7.13. The highest BCUT2D eigenvalue weighted by Gasteiger charge is 2.34. The third-order valence-corrected chi connectivity index (χ3v) is 5.06. The summed E-state index contributed by atoms with van der Waals surface area (Å²) >= 11 is 0. The molecule has 1 saturated heterocycles. The molecule has 0 spiro atoms. The van der Waals surface area contributed by atoms with Crippen LogP contribution in [0.4, 0.5) is 0 Å². The number of rotatable bonds is 5. The zero-order valence-electron chi connectivity index (χ0n) is 14.2. The predicted octanol–water partition coefficient (Wildman–Crippen LogP) is 1.89. The zero-order chi connectivity index (χ0) is 18.0. The molecule has 2 heterocycles. The third kappa shape index (κ3) is 3.75. The summed E-state index contributed by atoms with van der Waals surface area (Å²) in [5.41, 5.74) is 2.37. The second-order valence-electron chi connectivity index (χ2n) is 6.73. The molecule has 1 fully saturated rings. The highest BCUT2D eigenvalue weighted by atomic mass is 16.4. The number of benzene rings is 1. The minimum Gasteiger partial charge on any atom is -0.481 e. The van der Waals surface area contributed by atoms with Gasteiger partial charge in [0.1, 0.15) is 0 Å². The minimum absolute atomic E-state index is 0.0228. The number of nitrogens with zero attached hydrogens (tertiary/aromatic N) is 1. The molecular formula is C18H23N3O4. The summed E-state index contributed by atoms with van der Waals surface area (Å²) in [5, 5.41) is 9.26. The molecular weight excluding hydrogens is 322 g/mol. The first-order chi connectivity index (χ1) is 12.0. The zero-order valence-corrected chi connectivity index (χ0v) is 14.2. The molecule has 0 unspecified atom stereocenters. The number of amides is 1. The van der Waals surface area contributed by atoms with Crippen molar-refractivity contribution in [3.8, 4) is 0 Å². The van der Waals surface area contributed by atoms with Crippen molar-refractivity contribution >= 4 is 22.9 Å². The van der Waals surface area contributed by atoms with Crippen molar-refractivity contribution in [2.75, 3.05) is 6.54 Å². The number of imidazole rings is 1. The molecule has 2 atom stereocenters. The Balaban J connectivity index is 1.56. The van der Waals surface area contributed by atoms with Crippen molar-refractivity contribution in [3.05, 3.63) is 34.2 Å². The van der Waals surface area contributed by atoms with Gasteiger partial charge in [-0.15, -0.1) is 0 Å². The molecule has 3 rings (SSSR count). The number of piperidine rings is 1. The number of aliphatic carboxylic acids is 1. The van der Waals surface area contributed by atoms with Gasteiger partial charge >= 0.3 is 11.7 Å². The lowest BCUT2D eigenvalue weighted by Crippen LogP contribution is -2.49. The van der Waals surface area contributed by atoms with Crippen LogP contribution in [0.1, 0.15) is 38.2 Å². The number of carbonyl (C=O) groups excluding carboxylic acids is 1. The number of carboxylic acids is 1. The van der Waals surface area contributed by atoms with Gasteiger partial charge in [-0.3, -0.25) is 9.59 Å². The van der Waals surface area contributed by atoms with E-state index in [0.717, 1.165) is 29.4 Å². The Morgan fingerprint density at radius 1 is 1.28 bits per heavy atom. The van der Waals surface area contributed by atoms with Crippen LogP contribution in [0, 0.1) is 5.92 Å². The van der Waals surface area contributed by atoms with Gasteiger partial charge in [-0.1, -0.05) is 6.07 Å². The molecule has 1 aromatic carbocycles. The molecule has 1 amide bonds. The van der Waals surface area contributed by atoms with Crippen molar-refractivity contribution in [2.24, 2.45) is 5.92 Å². The molecule has 2 aromatic rings. The Kier molecular flexibility index (Phi) is 4.92. The van der Waals surface area contributed by atoms with Crippen LogP contribution in [0.5, 0.6) is 0 Å². The highest BCUT2D eigenvalue weighted by molar-refractivity contribution is 5.79. The highest BCUT2D eigenvalue weighted by Crippen LogP contribution is 2.24. The molecule has 1 aliphatic rings. The summed E-state index contributed by atoms with van der Waals surface area (Å²) in [6, 6.07) is 5.47. The summed E-state index contributed by atoms with van der Waals surface area (Å²) < 4.78 is 0. The first kappa shape index (κ1) is 17.3. The average Bonchev–Trinajstić information content (AvgIpc) is 2.94. The van der Waals surface area contributed by atoms with E-state index in [1.807, 2.05) is 25.1 Å². The largest absolute Gasteiger partial charge is 0.481 e. The topological polar surface area (TPSA) is 106 Å². The molecule has 7 nitrogen and oxygen atoms in total. The van der Waals surface area contributed by atoms with Gasteiger partial charge < -0.3 is 20.0 Å². The predicted molar refractivity (Wildman–Crippen MR) is 93.4 cm³/mol. The van der Waals surface area contributed by atoms with Gasteiger partial charge in [-0.05, 0) is 50.3 Å². The van der Waals surface area contributed by atoms with E-state index in [9.17, 15) is 19.5 Å². The van der Waals surface area contributed by atoms with Gasteiger partial charge in [0.05, 0.1) is 17.0 Å². The van der Waals surface area contributed by atoms with E-state index in [0.29, 0.717) is 25.8 Å². The van der Waals surface area contributed by atoms with Crippen LogP contribution in [0.2, 0.25) is 0 Å². The van der Waals surface area contributed by atoms with Crippen molar-refractivity contribution in [2.45, 2.75) is 45.1 Å². The molecule has 7 heteroatoms. The Morgan fingerprint density at radius 2 is 2.04 bits per heavy atom. The number of H-pyrrole nitrogens is 2. The number of fused-ring (bicyclic) bond motifs is 1. The van der Waals surface area contributed by atoms with Gasteiger partial charge in [0.2, 0.25) is 5.91 Å². The first-order valence-corrected chi connectivity index (χ1v) is 8.69. The molecule has 25 heavy (non-hydrogen) atoms. The molecule has 1 aliphatic heterocycles. The number of aromatic amines is 2. The Hall–Kier alpha value is -2.57. The lowest BCUT2D eigenvalue weighted by atomic mass is 9.90. The molecule has 0 saturated carbocycles. The third-order valence-electron chi connectivity index (χ3n) is 5.06. The van der Waals surface area contributed by atoms with Gasteiger partial charge in [-0.25, -0.2) is 4.79 Å². The summed E-state index contributed by atoms with van der Waals surface area (Å²) in [6.45, 7) is 2.46. The molecule has 0 aliphatic carbocycles. The van der Waals surface area contributed by atoms with Crippen LogP contribution in [-0.4, -0.2) is 44.4 Å². The van der Waals surface area contributed by atoms with Crippen LogP contribution in [0.25, 0.3) is 11.0 Å². The number of aryl methyl sites for hydroxylation is 1. The van der Waals surface area contributed by atoms with Gasteiger partial charge in [-0.2, -0.15) is 0 Å². The van der Waals surface area contributed by atoms with Crippen LogP contribution in [0.15, 0.2) is 23.0 Å². The number of nitrogens with one attached hydrogen (secondary N) is 2. The quantitative estimate of drug-likeness (QED) is 0.769. The number of likely N-dealkylation sites (tertiary alicyclic amines) is 1. The summed E-state index contributed by atoms with van der Waals surface area (Å²) in [4.78, 5) is 42.2. The van der Waals surface area contributed by atoms with E-state index < -0.39 is 11.9 Å². The van der Waals surface area contributed by atoms with Crippen LogP contribution in [-0.2, 0) is 16.0 Å². The van der Waals surface area contributed by atoms with Crippen LogP contribution >= 0.6 is 0 Å². The fourth-order valence-corrected chi connectivity index (χ4v) is 3.65. The molecule has 134 valence electrons. The van der Waals surface area contributed by atoms with Crippen LogP contribution < -0.4 is 5.69 Å².